The average molecular weight is 228 g/mol. The van der Waals surface area contributed by atoms with E-state index in [0.717, 1.165) is 5.56 Å². The van der Waals surface area contributed by atoms with Crippen LogP contribution in [-0.4, -0.2) is 4.98 Å². The lowest BCUT2D eigenvalue weighted by atomic mass is 10.0. The van der Waals surface area contributed by atoms with E-state index in [0.29, 0.717) is 11.1 Å². The Morgan fingerprint density at radius 1 is 1.41 bits per heavy atom. The summed E-state index contributed by atoms with van der Waals surface area (Å²) in [6.07, 6.45) is 3.29. The maximum absolute atomic E-state index is 13.4. The van der Waals surface area contributed by atoms with Crippen LogP contribution in [0, 0.1) is 12.7 Å². The summed E-state index contributed by atoms with van der Waals surface area (Å²) in [5.74, 6) is -0.389. The molecule has 0 radical (unpaired) electrons. The summed E-state index contributed by atoms with van der Waals surface area (Å²) in [5, 5.41) is 3.50. The van der Waals surface area contributed by atoms with Gasteiger partial charge in [-0.05, 0) is 41.8 Å². The minimum absolute atomic E-state index is 0.267. The molecule has 0 amide bonds. The first kappa shape index (κ1) is 11.1. The Morgan fingerprint density at radius 2 is 2.24 bits per heavy atom. The molecule has 0 spiro atoms. The van der Waals surface area contributed by atoms with Gasteiger partial charge >= 0.3 is 0 Å². The van der Waals surface area contributed by atoms with E-state index in [4.69, 9.17) is 5.53 Å². The number of aryl methyl sites for hydroxylation is 1. The molecule has 0 aliphatic rings. The second-order valence-corrected chi connectivity index (χ2v) is 3.55. The van der Waals surface area contributed by atoms with Crippen molar-refractivity contribution in [2.75, 3.05) is 0 Å². The molecule has 1 aromatic carbocycles. The molecule has 17 heavy (non-hydrogen) atoms. The van der Waals surface area contributed by atoms with E-state index in [-0.39, 0.29) is 11.5 Å². The fourth-order valence-corrected chi connectivity index (χ4v) is 1.56. The number of hydrogen-bond donors (Lipinski definition) is 0. The van der Waals surface area contributed by atoms with Gasteiger partial charge in [0.25, 0.3) is 0 Å². The summed E-state index contributed by atoms with van der Waals surface area (Å²) >= 11 is 0. The molecule has 5 heteroatoms. The normalized spacial score (nSPS) is 9.76. The second-order valence-electron chi connectivity index (χ2n) is 3.55. The van der Waals surface area contributed by atoms with Crippen molar-refractivity contribution in [1.29, 1.82) is 0 Å². The van der Waals surface area contributed by atoms with Crippen LogP contribution in [0.1, 0.15) is 5.56 Å². The first-order chi connectivity index (χ1) is 8.22. The van der Waals surface area contributed by atoms with Gasteiger partial charge in [-0.2, -0.15) is 0 Å². The zero-order chi connectivity index (χ0) is 12.3. The lowest BCUT2D eigenvalue weighted by molar-refractivity contribution is 0.619. The van der Waals surface area contributed by atoms with E-state index in [1.54, 1.807) is 31.5 Å². The van der Waals surface area contributed by atoms with Crippen molar-refractivity contribution >= 4 is 5.69 Å². The van der Waals surface area contributed by atoms with Crippen LogP contribution in [0.2, 0.25) is 0 Å². The van der Waals surface area contributed by atoms with Crippen molar-refractivity contribution in [2.45, 2.75) is 6.92 Å². The molecule has 2 aromatic rings. The van der Waals surface area contributed by atoms with Gasteiger partial charge in [0.05, 0.1) is 0 Å². The van der Waals surface area contributed by atoms with Crippen LogP contribution in [0.5, 0.6) is 0 Å². The first-order valence-electron chi connectivity index (χ1n) is 4.98. The number of rotatable bonds is 2. The van der Waals surface area contributed by atoms with Gasteiger partial charge in [0, 0.05) is 28.6 Å². The smallest absolute Gasteiger partial charge is 0.126 e. The number of aromatic nitrogens is 1. The van der Waals surface area contributed by atoms with Crippen molar-refractivity contribution < 1.29 is 4.39 Å². The standard InChI is InChI=1S/C12H9FN4/c1-8-5-10(9-3-2-4-15-7-9)12(16-17-14)6-11(8)13/h2-7H,1H3. The molecule has 0 bridgehead atoms. The highest BCUT2D eigenvalue weighted by atomic mass is 19.1. The number of hydrogen-bond acceptors (Lipinski definition) is 2. The lowest BCUT2D eigenvalue weighted by Gasteiger charge is -2.07. The highest BCUT2D eigenvalue weighted by Gasteiger charge is 2.08. The van der Waals surface area contributed by atoms with Gasteiger partial charge in [-0.3, -0.25) is 4.98 Å². The summed E-state index contributed by atoms with van der Waals surface area (Å²) < 4.78 is 13.4. The molecule has 0 saturated heterocycles. The second kappa shape index (κ2) is 4.63. The molecule has 0 N–H and O–H groups in total. The van der Waals surface area contributed by atoms with E-state index in [2.05, 4.69) is 15.0 Å². The first-order valence-corrected chi connectivity index (χ1v) is 4.98. The van der Waals surface area contributed by atoms with Gasteiger partial charge in [0.15, 0.2) is 0 Å². The molecule has 0 atom stereocenters. The predicted octanol–water partition coefficient (Wildman–Crippen LogP) is 4.14. The number of nitrogens with zero attached hydrogens (tertiary/aromatic N) is 4. The number of pyridine rings is 1. The molecule has 2 rings (SSSR count). The highest BCUT2D eigenvalue weighted by Crippen LogP contribution is 2.32. The molecule has 0 aliphatic heterocycles. The van der Waals surface area contributed by atoms with Crippen LogP contribution < -0.4 is 0 Å². The Morgan fingerprint density at radius 3 is 2.88 bits per heavy atom. The van der Waals surface area contributed by atoms with Crippen LogP contribution in [-0.2, 0) is 0 Å². The summed E-state index contributed by atoms with van der Waals surface area (Å²) in [5.41, 5.74) is 10.7. The summed E-state index contributed by atoms with van der Waals surface area (Å²) in [6, 6.07) is 6.48. The van der Waals surface area contributed by atoms with E-state index in [9.17, 15) is 4.39 Å². The molecule has 0 fully saturated rings. The molecule has 0 aliphatic carbocycles. The largest absolute Gasteiger partial charge is 0.264 e. The van der Waals surface area contributed by atoms with Gasteiger partial charge in [0.2, 0.25) is 0 Å². The summed E-state index contributed by atoms with van der Waals surface area (Å²) in [7, 11) is 0. The Hall–Kier alpha value is -2.39. The third-order valence-electron chi connectivity index (χ3n) is 2.40. The van der Waals surface area contributed by atoms with Gasteiger partial charge in [-0.15, -0.1) is 0 Å². The molecule has 4 nitrogen and oxygen atoms in total. The Labute approximate surface area is 97.4 Å². The molecular formula is C12H9FN4. The zero-order valence-corrected chi connectivity index (χ0v) is 9.13. The molecule has 0 saturated carbocycles. The minimum Gasteiger partial charge on any atom is -0.264 e. The van der Waals surface area contributed by atoms with E-state index in [1.165, 1.54) is 6.07 Å². The van der Waals surface area contributed by atoms with E-state index >= 15 is 0 Å². The molecule has 0 unspecified atom stereocenters. The predicted molar refractivity (Wildman–Crippen MR) is 63.2 cm³/mol. The number of benzene rings is 1. The summed E-state index contributed by atoms with van der Waals surface area (Å²) in [6.45, 7) is 1.66. The van der Waals surface area contributed by atoms with Crippen LogP contribution >= 0.6 is 0 Å². The third kappa shape index (κ3) is 2.24. The maximum atomic E-state index is 13.4. The molecule has 1 aromatic heterocycles. The molecule has 1 heterocycles. The van der Waals surface area contributed by atoms with Crippen LogP contribution in [0.4, 0.5) is 10.1 Å². The lowest BCUT2D eigenvalue weighted by Crippen LogP contribution is -1.86. The van der Waals surface area contributed by atoms with Gasteiger partial charge in [0.1, 0.15) is 5.82 Å². The van der Waals surface area contributed by atoms with Gasteiger partial charge in [-0.25, -0.2) is 4.39 Å². The van der Waals surface area contributed by atoms with Gasteiger partial charge < -0.3 is 0 Å². The van der Waals surface area contributed by atoms with Crippen molar-refractivity contribution in [1.82, 2.24) is 4.98 Å². The zero-order valence-electron chi connectivity index (χ0n) is 9.13. The van der Waals surface area contributed by atoms with Crippen molar-refractivity contribution in [3.8, 4) is 11.1 Å². The van der Waals surface area contributed by atoms with Gasteiger partial charge in [-0.1, -0.05) is 11.2 Å². The molecular weight excluding hydrogens is 219 g/mol. The van der Waals surface area contributed by atoms with E-state index in [1.807, 2.05) is 6.07 Å². The topological polar surface area (TPSA) is 61.7 Å². The fourth-order valence-electron chi connectivity index (χ4n) is 1.56. The van der Waals surface area contributed by atoms with Crippen molar-refractivity contribution in [3.05, 3.63) is 58.5 Å². The number of halogens is 1. The Kier molecular flexibility index (Phi) is 3.03. The number of azide groups is 1. The fraction of sp³-hybridized carbons (Fsp3) is 0.0833. The SMILES string of the molecule is Cc1cc(-c2cccnc2)c(N=[N+]=[N-])cc1F. The minimum atomic E-state index is -0.389. The quantitative estimate of drug-likeness (QED) is 0.433. The monoisotopic (exact) mass is 228 g/mol. The third-order valence-corrected chi connectivity index (χ3v) is 2.40. The van der Waals surface area contributed by atoms with Crippen LogP contribution in [0.25, 0.3) is 21.6 Å². The van der Waals surface area contributed by atoms with E-state index < -0.39 is 0 Å². The summed E-state index contributed by atoms with van der Waals surface area (Å²) in [4.78, 5) is 6.69. The highest BCUT2D eigenvalue weighted by molar-refractivity contribution is 5.76. The van der Waals surface area contributed by atoms with Crippen molar-refractivity contribution in [3.63, 3.8) is 0 Å². The maximum Gasteiger partial charge on any atom is 0.126 e. The Bertz CT molecular complexity index is 589. The van der Waals surface area contributed by atoms with Crippen LogP contribution in [0.15, 0.2) is 41.8 Å². The molecule has 84 valence electrons. The van der Waals surface area contributed by atoms with Crippen LogP contribution in [0.3, 0.4) is 0 Å². The Balaban J connectivity index is 2.67. The average Bonchev–Trinajstić information content (AvgIpc) is 2.35. The van der Waals surface area contributed by atoms with Crippen molar-refractivity contribution in [2.24, 2.45) is 5.11 Å².